The highest BCUT2D eigenvalue weighted by molar-refractivity contribution is 6.10. The number of benzene rings is 3. The minimum Gasteiger partial charge on any atom is -0.472 e. The zero-order chi connectivity index (χ0) is 29.6. The molecular weight excluding hydrogens is 537 g/mol. The number of nitriles is 1. The number of rotatable bonds is 5. The molecule has 4 fully saturated rings. The van der Waals surface area contributed by atoms with E-state index in [9.17, 15) is 5.26 Å². The lowest BCUT2D eigenvalue weighted by atomic mass is 9.79. The average molecular weight is 574 g/mol. The molecule has 0 spiro atoms. The van der Waals surface area contributed by atoms with Gasteiger partial charge in [0.1, 0.15) is 11.6 Å². The molecule has 7 heteroatoms. The summed E-state index contributed by atoms with van der Waals surface area (Å²) in [4.78, 5) is 7.34. The number of aryl methyl sites for hydroxylation is 2. The summed E-state index contributed by atoms with van der Waals surface area (Å²) in [7, 11) is 2.15. The van der Waals surface area contributed by atoms with Gasteiger partial charge >= 0.3 is 0 Å². The Balaban J connectivity index is 1.40. The van der Waals surface area contributed by atoms with Crippen LogP contribution in [0.1, 0.15) is 49.0 Å². The molecular formula is C36H36FN5O. The van der Waals surface area contributed by atoms with Gasteiger partial charge in [0.15, 0.2) is 5.82 Å². The van der Waals surface area contributed by atoms with Crippen LogP contribution in [-0.4, -0.2) is 52.8 Å². The number of nitrogens with zero attached hydrogens (tertiary/aromatic N) is 4. The van der Waals surface area contributed by atoms with E-state index in [0.29, 0.717) is 52.1 Å². The second kappa shape index (κ2) is 9.77. The van der Waals surface area contributed by atoms with Crippen LogP contribution in [0.3, 0.4) is 0 Å². The summed E-state index contributed by atoms with van der Waals surface area (Å²) in [6.45, 7) is 8.30. The molecule has 1 saturated carbocycles. The number of pyridine rings is 1. The van der Waals surface area contributed by atoms with E-state index >= 15 is 4.39 Å². The van der Waals surface area contributed by atoms with Crippen molar-refractivity contribution < 1.29 is 9.13 Å². The van der Waals surface area contributed by atoms with Crippen molar-refractivity contribution in [3.8, 4) is 23.1 Å². The maximum Gasteiger partial charge on any atom is 0.223 e. The zero-order valence-corrected chi connectivity index (χ0v) is 25.1. The fraction of sp³-hybridized carbons (Fsp3) is 0.389. The van der Waals surface area contributed by atoms with Crippen LogP contribution in [0.15, 0.2) is 48.5 Å². The highest BCUT2D eigenvalue weighted by Gasteiger charge is 2.48. The van der Waals surface area contributed by atoms with Crippen LogP contribution in [0.25, 0.3) is 43.7 Å². The Morgan fingerprint density at radius 3 is 2.65 bits per heavy atom. The number of halogens is 1. The van der Waals surface area contributed by atoms with Crippen LogP contribution in [0.2, 0.25) is 0 Å². The molecule has 2 bridgehead atoms. The molecule has 1 N–H and O–H groups in total. The molecule has 0 radical (unpaired) electrons. The molecule has 5 atom stereocenters. The van der Waals surface area contributed by atoms with Crippen molar-refractivity contribution in [2.45, 2.75) is 64.3 Å². The Morgan fingerprint density at radius 1 is 1.14 bits per heavy atom. The monoisotopic (exact) mass is 573 g/mol. The van der Waals surface area contributed by atoms with Gasteiger partial charge in [0.2, 0.25) is 5.88 Å². The Bertz CT molecular complexity index is 1970. The fourth-order valence-corrected chi connectivity index (χ4v) is 8.38. The van der Waals surface area contributed by atoms with Gasteiger partial charge < -0.3 is 14.6 Å². The third-order valence-corrected chi connectivity index (χ3v) is 10.5. The van der Waals surface area contributed by atoms with Crippen molar-refractivity contribution in [2.24, 2.45) is 5.92 Å². The molecule has 3 saturated heterocycles. The van der Waals surface area contributed by atoms with E-state index in [4.69, 9.17) is 9.72 Å². The summed E-state index contributed by atoms with van der Waals surface area (Å²) in [6.07, 6.45) is 3.32. The summed E-state index contributed by atoms with van der Waals surface area (Å²) in [5.41, 5.74) is 5.04. The Hall–Kier alpha value is -3.99. The number of likely N-dealkylation sites (tertiary alicyclic amines) is 1. The first kappa shape index (κ1) is 26.6. The number of aromatic nitrogens is 2. The van der Waals surface area contributed by atoms with E-state index in [0.717, 1.165) is 64.3 Å². The van der Waals surface area contributed by atoms with Crippen molar-refractivity contribution in [3.63, 3.8) is 0 Å². The minimum atomic E-state index is -0.368. The molecule has 9 rings (SSSR count). The van der Waals surface area contributed by atoms with Gasteiger partial charge in [-0.05, 0) is 94.3 Å². The predicted molar refractivity (Wildman–Crippen MR) is 169 cm³/mol. The predicted octanol–water partition coefficient (Wildman–Crippen LogP) is 7.03. The number of hydrogen-bond donors (Lipinski definition) is 1. The lowest BCUT2D eigenvalue weighted by molar-refractivity contribution is 0.119. The summed E-state index contributed by atoms with van der Waals surface area (Å²) in [6, 6.07) is 19.1. The highest BCUT2D eigenvalue weighted by Crippen LogP contribution is 2.49. The van der Waals surface area contributed by atoms with Gasteiger partial charge in [-0.3, -0.25) is 4.90 Å². The van der Waals surface area contributed by atoms with Gasteiger partial charge in [-0.2, -0.15) is 5.26 Å². The Kier molecular flexibility index (Phi) is 6.05. The summed E-state index contributed by atoms with van der Waals surface area (Å²) >= 11 is 0. The lowest BCUT2D eigenvalue weighted by Gasteiger charge is -2.37. The molecule has 5 heterocycles. The normalized spacial score (nSPS) is 24.1. The van der Waals surface area contributed by atoms with E-state index in [1.54, 1.807) is 6.07 Å². The first-order valence-electron chi connectivity index (χ1n) is 15.5. The second-order valence-electron chi connectivity index (χ2n) is 12.9. The van der Waals surface area contributed by atoms with E-state index in [-0.39, 0.29) is 11.9 Å². The molecule has 43 heavy (non-hydrogen) atoms. The van der Waals surface area contributed by atoms with E-state index in [1.807, 2.05) is 37.3 Å². The molecule has 5 aromatic rings. The van der Waals surface area contributed by atoms with Crippen molar-refractivity contribution in [3.05, 3.63) is 71.2 Å². The third-order valence-electron chi connectivity index (χ3n) is 10.5. The number of hydrogen-bond acceptors (Lipinski definition) is 5. The van der Waals surface area contributed by atoms with Crippen LogP contribution >= 0.6 is 0 Å². The first-order valence-corrected chi connectivity index (χ1v) is 15.5. The quantitative estimate of drug-likeness (QED) is 0.245. The Morgan fingerprint density at radius 2 is 1.95 bits per heavy atom. The molecule has 1 aliphatic carbocycles. The molecule has 6 nitrogen and oxygen atoms in total. The molecule has 3 aromatic carbocycles. The Labute approximate surface area is 251 Å². The van der Waals surface area contributed by atoms with Crippen LogP contribution in [0.4, 0.5) is 4.39 Å². The maximum atomic E-state index is 17.2. The van der Waals surface area contributed by atoms with E-state index in [1.165, 1.54) is 6.42 Å². The van der Waals surface area contributed by atoms with Crippen LogP contribution < -0.4 is 10.1 Å². The molecule has 0 amide bonds. The number of ether oxygens (including phenoxy) is 1. The average Bonchev–Trinajstić information content (AvgIpc) is 3.79. The SMILES string of the molecule is Cc1cc2c(nc(OC(C)[C@@H]3CCCN3C)c3cc(C)n([C@H]4[C@H]5CN[C@@H]4C5)c32)c(F)c1-c1cccc2cccc(C#N)c12. The van der Waals surface area contributed by atoms with Crippen LogP contribution in [0, 0.1) is 36.9 Å². The van der Waals surface area contributed by atoms with E-state index in [2.05, 4.69) is 53.9 Å². The molecule has 3 aliphatic heterocycles. The number of nitrogens with one attached hydrogen (secondary N) is 1. The summed E-state index contributed by atoms with van der Waals surface area (Å²) in [5, 5.41) is 17.0. The molecule has 218 valence electrons. The molecule has 1 unspecified atom stereocenters. The van der Waals surface area contributed by atoms with Gasteiger partial charge in [-0.25, -0.2) is 9.37 Å². The number of likely N-dealkylation sites (N-methyl/N-ethyl adjacent to an activating group) is 1. The highest BCUT2D eigenvalue weighted by atomic mass is 19.1. The largest absolute Gasteiger partial charge is 0.472 e. The van der Waals surface area contributed by atoms with Crippen LogP contribution in [-0.2, 0) is 0 Å². The van der Waals surface area contributed by atoms with Gasteiger partial charge in [0.05, 0.1) is 28.6 Å². The summed E-state index contributed by atoms with van der Waals surface area (Å²) < 4.78 is 26.3. The van der Waals surface area contributed by atoms with Crippen molar-refractivity contribution >= 4 is 32.6 Å². The fourth-order valence-electron chi connectivity index (χ4n) is 8.38. The van der Waals surface area contributed by atoms with Crippen molar-refractivity contribution in [2.75, 3.05) is 20.1 Å². The number of fused-ring (bicyclic) bond motifs is 5. The first-order chi connectivity index (χ1) is 20.9. The van der Waals surface area contributed by atoms with Crippen LogP contribution in [0.5, 0.6) is 5.88 Å². The van der Waals surface area contributed by atoms with Gasteiger partial charge in [-0.1, -0.05) is 30.3 Å². The van der Waals surface area contributed by atoms with Gasteiger partial charge in [0.25, 0.3) is 0 Å². The standard InChI is InChI=1S/C36H36FN5O/c1-19-14-26-33(32(37)30(19)25-11-6-9-22-8-5-10-23(17-38)31(22)25)40-36(43-21(3)29-12-7-13-41(29)4)27-15-20(2)42(35(26)27)34-24-16-28(34)39-18-24/h5-6,8-11,14-15,21,24,28-29,34,39H,7,12-13,16,18H2,1-4H3/t21?,24-,28-,29+,34+/m1/s1. The van der Waals surface area contributed by atoms with E-state index < -0.39 is 0 Å². The third kappa shape index (κ3) is 3.86. The zero-order valence-electron chi connectivity index (χ0n) is 25.1. The minimum absolute atomic E-state index is 0.0879. The second-order valence-corrected chi connectivity index (χ2v) is 12.9. The lowest BCUT2D eigenvalue weighted by Crippen LogP contribution is -2.39. The maximum absolute atomic E-state index is 17.2. The topological polar surface area (TPSA) is 66.1 Å². The molecule has 4 aliphatic rings. The van der Waals surface area contributed by atoms with Crippen molar-refractivity contribution in [1.82, 2.24) is 19.8 Å². The van der Waals surface area contributed by atoms with Crippen molar-refractivity contribution in [1.29, 1.82) is 5.26 Å². The molecule has 2 aromatic heterocycles. The van der Waals surface area contributed by atoms with Gasteiger partial charge in [-0.15, -0.1) is 0 Å². The smallest absolute Gasteiger partial charge is 0.223 e. The van der Waals surface area contributed by atoms with Gasteiger partial charge in [0, 0.05) is 40.7 Å². The summed E-state index contributed by atoms with van der Waals surface area (Å²) in [5.74, 6) is 0.706.